The number of halogens is 2. The zero-order chi connectivity index (χ0) is 13.0. The molecule has 0 amide bonds. The number of benzene rings is 1. The third-order valence-corrected chi connectivity index (χ3v) is 2.73. The highest BCUT2D eigenvalue weighted by atomic mass is 35.5. The first-order valence-electron chi connectivity index (χ1n) is 5.22. The van der Waals surface area contributed by atoms with Crippen molar-refractivity contribution in [1.82, 2.24) is 10.2 Å². The minimum atomic E-state index is 0.278. The molecule has 94 valence electrons. The molecule has 0 unspecified atom stereocenters. The average molecular weight is 284 g/mol. The Bertz CT molecular complexity index is 531. The van der Waals surface area contributed by atoms with Crippen molar-refractivity contribution < 1.29 is 4.74 Å². The summed E-state index contributed by atoms with van der Waals surface area (Å²) in [5.74, 6) is 0. The lowest BCUT2D eigenvalue weighted by atomic mass is 10.2. The van der Waals surface area contributed by atoms with E-state index in [9.17, 15) is 0 Å². The summed E-state index contributed by atoms with van der Waals surface area (Å²) < 4.78 is 5.04. The smallest absolute Gasteiger partial charge is 0.175 e. The number of nitrogens with zero attached hydrogens (tertiary/aromatic N) is 2. The van der Waals surface area contributed by atoms with Crippen LogP contribution >= 0.6 is 23.2 Å². The van der Waals surface area contributed by atoms with Crippen molar-refractivity contribution in [1.29, 1.82) is 0 Å². The maximum atomic E-state index is 5.91. The summed E-state index contributed by atoms with van der Waals surface area (Å²) in [6.07, 6.45) is 0. The van der Waals surface area contributed by atoms with Gasteiger partial charge < -0.3 is 10.1 Å². The second kappa shape index (κ2) is 6.00. The van der Waals surface area contributed by atoms with E-state index in [2.05, 4.69) is 15.5 Å². The van der Waals surface area contributed by atoms with Crippen LogP contribution in [0.25, 0.3) is 0 Å². The van der Waals surface area contributed by atoms with Crippen LogP contribution in [0.5, 0.6) is 0 Å². The van der Waals surface area contributed by atoms with Gasteiger partial charge in [0.25, 0.3) is 0 Å². The van der Waals surface area contributed by atoms with Gasteiger partial charge in [-0.25, -0.2) is 0 Å². The predicted octanol–water partition coefficient (Wildman–Crippen LogP) is 3.67. The summed E-state index contributed by atoms with van der Waals surface area (Å²) in [7, 11) is 1.66. The fourth-order valence-corrected chi connectivity index (χ4v) is 1.73. The topological polar surface area (TPSA) is 47.0 Å². The van der Waals surface area contributed by atoms with Crippen molar-refractivity contribution in [3.05, 3.63) is 46.2 Å². The van der Waals surface area contributed by atoms with Crippen LogP contribution in [0.4, 0.5) is 11.4 Å². The van der Waals surface area contributed by atoms with Crippen LogP contribution in [0.1, 0.15) is 5.56 Å². The second-order valence-electron chi connectivity index (χ2n) is 3.63. The van der Waals surface area contributed by atoms with Crippen LogP contribution in [0.15, 0.2) is 30.3 Å². The molecule has 0 aliphatic carbocycles. The number of aromatic nitrogens is 2. The van der Waals surface area contributed by atoms with Crippen LogP contribution in [-0.2, 0) is 11.3 Å². The Morgan fingerprint density at radius 2 is 1.89 bits per heavy atom. The molecule has 1 aromatic heterocycles. The van der Waals surface area contributed by atoms with E-state index in [-0.39, 0.29) is 10.3 Å². The molecule has 0 saturated carbocycles. The molecular weight excluding hydrogens is 273 g/mol. The predicted molar refractivity (Wildman–Crippen MR) is 72.5 cm³/mol. The van der Waals surface area contributed by atoms with E-state index in [1.807, 2.05) is 24.3 Å². The van der Waals surface area contributed by atoms with E-state index in [0.717, 1.165) is 11.3 Å². The Balaban J connectivity index is 2.15. The van der Waals surface area contributed by atoms with Gasteiger partial charge in [-0.1, -0.05) is 35.3 Å². The number of hydrogen-bond donors (Lipinski definition) is 1. The number of nitrogens with one attached hydrogen (secondary N) is 1. The molecule has 4 nitrogen and oxygen atoms in total. The van der Waals surface area contributed by atoms with Gasteiger partial charge in [-0.2, -0.15) is 0 Å². The number of methoxy groups -OCH3 is 1. The Kier molecular flexibility index (Phi) is 4.36. The maximum Gasteiger partial charge on any atom is 0.175 e. The van der Waals surface area contributed by atoms with Crippen LogP contribution in [0, 0.1) is 0 Å². The molecule has 6 heteroatoms. The molecular formula is C12H11Cl2N3O. The summed E-state index contributed by atoms with van der Waals surface area (Å²) >= 11 is 11.7. The van der Waals surface area contributed by atoms with Crippen LogP contribution in [0.2, 0.25) is 10.3 Å². The van der Waals surface area contributed by atoms with Crippen molar-refractivity contribution in [2.75, 3.05) is 12.4 Å². The third kappa shape index (κ3) is 3.32. The standard InChI is InChI=1S/C12H11Cl2N3O/c1-18-7-8-2-4-9(5-3-8)15-10-6-11(13)16-17-12(10)14/h2-6H,7H2,1H3,(H,15,16). The zero-order valence-corrected chi connectivity index (χ0v) is 11.2. The first-order valence-corrected chi connectivity index (χ1v) is 5.98. The molecule has 0 aliphatic heterocycles. The van der Waals surface area contributed by atoms with E-state index < -0.39 is 0 Å². The maximum absolute atomic E-state index is 5.91. The summed E-state index contributed by atoms with van der Waals surface area (Å²) in [5.41, 5.74) is 2.61. The van der Waals surface area contributed by atoms with Gasteiger partial charge in [0.1, 0.15) is 0 Å². The average Bonchev–Trinajstić information content (AvgIpc) is 2.37. The van der Waals surface area contributed by atoms with Gasteiger partial charge >= 0.3 is 0 Å². The minimum absolute atomic E-state index is 0.278. The summed E-state index contributed by atoms with van der Waals surface area (Å²) in [5, 5.41) is 11.1. The lowest BCUT2D eigenvalue weighted by Gasteiger charge is -2.08. The van der Waals surface area contributed by atoms with Crippen molar-refractivity contribution in [2.45, 2.75) is 6.61 Å². The van der Waals surface area contributed by atoms with E-state index in [1.54, 1.807) is 13.2 Å². The van der Waals surface area contributed by atoms with Crippen molar-refractivity contribution in [3.63, 3.8) is 0 Å². The Morgan fingerprint density at radius 3 is 2.56 bits per heavy atom. The van der Waals surface area contributed by atoms with Crippen molar-refractivity contribution in [3.8, 4) is 0 Å². The van der Waals surface area contributed by atoms with Gasteiger partial charge in [-0.3, -0.25) is 0 Å². The Hall–Kier alpha value is -1.36. The summed E-state index contributed by atoms with van der Waals surface area (Å²) in [6, 6.07) is 9.42. The molecule has 18 heavy (non-hydrogen) atoms. The first-order chi connectivity index (χ1) is 8.69. The lowest BCUT2D eigenvalue weighted by molar-refractivity contribution is 0.185. The largest absolute Gasteiger partial charge is 0.380 e. The highest BCUT2D eigenvalue weighted by Crippen LogP contribution is 2.25. The van der Waals surface area contributed by atoms with Gasteiger partial charge in [0.05, 0.1) is 12.3 Å². The molecule has 0 bridgehead atoms. The molecule has 0 spiro atoms. The number of ether oxygens (including phenoxy) is 1. The highest BCUT2D eigenvalue weighted by molar-refractivity contribution is 6.33. The molecule has 0 saturated heterocycles. The van der Waals surface area contributed by atoms with Crippen LogP contribution in [0.3, 0.4) is 0 Å². The fraction of sp³-hybridized carbons (Fsp3) is 0.167. The molecule has 0 fully saturated rings. The monoisotopic (exact) mass is 283 g/mol. The van der Waals surface area contributed by atoms with Crippen molar-refractivity contribution >= 4 is 34.6 Å². The molecule has 0 radical (unpaired) electrons. The van der Waals surface area contributed by atoms with Crippen LogP contribution < -0.4 is 5.32 Å². The third-order valence-electron chi connectivity index (χ3n) is 2.26. The molecule has 0 aliphatic rings. The normalized spacial score (nSPS) is 10.4. The van der Waals surface area contributed by atoms with Gasteiger partial charge in [-0.05, 0) is 17.7 Å². The SMILES string of the molecule is COCc1ccc(Nc2cc(Cl)nnc2Cl)cc1. The van der Waals surface area contributed by atoms with Gasteiger partial charge in [0.2, 0.25) is 0 Å². The second-order valence-corrected chi connectivity index (χ2v) is 4.37. The molecule has 1 aromatic carbocycles. The molecule has 1 heterocycles. The lowest BCUT2D eigenvalue weighted by Crippen LogP contribution is -1.95. The highest BCUT2D eigenvalue weighted by Gasteiger charge is 2.04. The van der Waals surface area contributed by atoms with Crippen molar-refractivity contribution in [2.24, 2.45) is 0 Å². The Morgan fingerprint density at radius 1 is 1.17 bits per heavy atom. The van der Waals surface area contributed by atoms with Gasteiger partial charge in [-0.15, -0.1) is 10.2 Å². The molecule has 1 N–H and O–H groups in total. The zero-order valence-electron chi connectivity index (χ0n) is 9.65. The van der Waals surface area contributed by atoms with Gasteiger partial charge in [0, 0.05) is 18.9 Å². The van der Waals surface area contributed by atoms with E-state index in [4.69, 9.17) is 27.9 Å². The fourth-order valence-electron chi connectivity index (χ4n) is 1.45. The van der Waals surface area contributed by atoms with Crippen LogP contribution in [-0.4, -0.2) is 17.3 Å². The number of hydrogen-bond acceptors (Lipinski definition) is 4. The molecule has 2 aromatic rings. The molecule has 0 atom stereocenters. The first kappa shape index (κ1) is 13.1. The van der Waals surface area contributed by atoms with E-state index in [0.29, 0.717) is 12.3 Å². The number of anilines is 2. The van der Waals surface area contributed by atoms with E-state index in [1.165, 1.54) is 0 Å². The quantitative estimate of drug-likeness (QED) is 0.930. The Labute approximate surface area is 115 Å². The number of rotatable bonds is 4. The summed E-state index contributed by atoms with van der Waals surface area (Å²) in [4.78, 5) is 0. The minimum Gasteiger partial charge on any atom is -0.380 e. The van der Waals surface area contributed by atoms with E-state index >= 15 is 0 Å². The molecule has 2 rings (SSSR count). The summed E-state index contributed by atoms with van der Waals surface area (Å²) in [6.45, 7) is 0.587. The van der Waals surface area contributed by atoms with Gasteiger partial charge in [0.15, 0.2) is 10.3 Å².